The smallest absolute Gasteiger partial charge is 0.372 e. The molecule has 6 N–H and O–H groups in total. The van der Waals surface area contributed by atoms with E-state index in [1.165, 1.54) is 28.8 Å². The number of rotatable bonds is 31. The Morgan fingerprint density at radius 3 is 1.05 bits per heavy atom. The molecular formula is C103H92N2O22S. The van der Waals surface area contributed by atoms with E-state index in [1.54, 1.807) is 51.1 Å². The average Bonchev–Trinajstić information content (AvgIpc) is 1.68. The number of hydrogen-bond donors (Lipinski definition) is 6. The van der Waals surface area contributed by atoms with Crippen LogP contribution in [0.3, 0.4) is 0 Å². The Labute approximate surface area is 742 Å². The lowest BCUT2D eigenvalue weighted by Gasteiger charge is -2.19. The minimum atomic E-state index is -1.09. The second-order valence-corrected chi connectivity index (χ2v) is 30.1. The number of carbonyl (C=O) groups excluding carboxylic acids is 2. The number of ether oxygens (including phenoxy) is 5. The molecule has 1 saturated heterocycles. The first-order chi connectivity index (χ1) is 62.1. The molecule has 16 rings (SSSR count). The molecule has 1 aliphatic heterocycles. The SMILES string of the molecule is CSCC[C@H](NC(=O)c1cc(COc2ccc(-c3ccccc3)cc2)c(C)o1)C(=O)O.Cc1cc(COc2ccc(-c3ccccc3)cc2)c(C(=O)O)o1.Cc1oc(C(=O)O)cc1COc1ccc(-c2ccccc2)cc1.O=C(O)[C@@H]1CCCN1C(=O)c1ccc(COc2ccc(-c3ccccc3)cc2)o1.O=C(O)c1ccc(COc2ccc(-c3ccccc3)cc2)o1. The first kappa shape index (κ1) is 91.4. The van der Waals surface area contributed by atoms with Crippen LogP contribution in [0, 0.1) is 20.8 Å². The summed E-state index contributed by atoms with van der Waals surface area (Å²) < 4.78 is 55.1. The van der Waals surface area contributed by atoms with E-state index in [9.17, 15) is 43.8 Å². The Morgan fingerprint density at radius 1 is 0.375 bits per heavy atom. The Kier molecular flexibility index (Phi) is 32.6. The summed E-state index contributed by atoms with van der Waals surface area (Å²) in [5.41, 5.74) is 13.2. The number of carboxylic acid groups (broad SMARTS) is 5. The number of nitrogens with one attached hydrogen (secondary N) is 1. The highest BCUT2D eigenvalue weighted by molar-refractivity contribution is 7.98. The van der Waals surface area contributed by atoms with Crippen molar-refractivity contribution in [3.63, 3.8) is 0 Å². The molecule has 6 heterocycles. The maximum atomic E-state index is 12.5. The van der Waals surface area contributed by atoms with Crippen molar-refractivity contribution in [2.45, 2.75) is 85.2 Å². The number of furan rings is 5. The van der Waals surface area contributed by atoms with Gasteiger partial charge in [0.1, 0.15) is 103 Å². The highest BCUT2D eigenvalue weighted by Gasteiger charge is 2.36. The van der Waals surface area contributed by atoms with Crippen molar-refractivity contribution in [3.05, 3.63) is 390 Å². The molecule has 2 atom stereocenters. The lowest BCUT2D eigenvalue weighted by Crippen LogP contribution is -2.41. The fourth-order valence-corrected chi connectivity index (χ4v) is 13.8. The summed E-state index contributed by atoms with van der Waals surface area (Å²) in [5.74, 6) is 0.550. The molecule has 0 saturated carbocycles. The molecule has 2 amide bonds. The van der Waals surface area contributed by atoms with Gasteiger partial charge in [-0.3, -0.25) is 9.59 Å². The number of nitrogens with zero attached hydrogens (tertiary/aromatic N) is 1. The number of benzene rings is 10. The van der Waals surface area contributed by atoms with Gasteiger partial charge in [-0.05, 0) is 211 Å². The van der Waals surface area contributed by atoms with Gasteiger partial charge in [0.25, 0.3) is 11.8 Å². The second kappa shape index (κ2) is 45.6. The van der Waals surface area contributed by atoms with Crippen LogP contribution in [0.5, 0.6) is 28.7 Å². The van der Waals surface area contributed by atoms with Crippen molar-refractivity contribution >= 4 is 53.4 Å². The van der Waals surface area contributed by atoms with Crippen LogP contribution in [0.2, 0.25) is 0 Å². The summed E-state index contributed by atoms with van der Waals surface area (Å²) >= 11 is 1.53. The van der Waals surface area contributed by atoms with Crippen LogP contribution in [-0.2, 0) is 42.6 Å². The van der Waals surface area contributed by atoms with Crippen LogP contribution in [0.25, 0.3) is 55.6 Å². The molecule has 0 unspecified atom stereocenters. The number of aliphatic carboxylic acids is 2. The Bertz CT molecular complexity index is 6110. The number of likely N-dealkylation sites (tertiary alicyclic amines) is 1. The summed E-state index contributed by atoms with van der Waals surface area (Å²) in [7, 11) is 0. The van der Waals surface area contributed by atoms with Crippen LogP contribution in [0.15, 0.2) is 338 Å². The minimum absolute atomic E-state index is 0.0663. The molecule has 10 aromatic carbocycles. The van der Waals surface area contributed by atoms with E-state index in [0.29, 0.717) is 88.9 Å². The number of thioether (sulfide) groups is 1. The number of aryl methyl sites for hydroxylation is 3. The Balaban J connectivity index is 0.000000146. The summed E-state index contributed by atoms with van der Waals surface area (Å²) in [5, 5.41) is 47.8. The van der Waals surface area contributed by atoms with Gasteiger partial charge < -0.3 is 81.5 Å². The molecule has 1 aliphatic rings. The van der Waals surface area contributed by atoms with Gasteiger partial charge in [-0.25, -0.2) is 24.0 Å². The van der Waals surface area contributed by atoms with E-state index in [1.807, 2.05) is 267 Å². The van der Waals surface area contributed by atoms with Crippen molar-refractivity contribution in [1.29, 1.82) is 0 Å². The van der Waals surface area contributed by atoms with Crippen LogP contribution < -0.4 is 29.0 Å². The molecule has 15 aromatic rings. The van der Waals surface area contributed by atoms with Crippen molar-refractivity contribution in [2.24, 2.45) is 0 Å². The maximum Gasteiger partial charge on any atom is 0.372 e. The van der Waals surface area contributed by atoms with Crippen molar-refractivity contribution < 1.29 is 105 Å². The van der Waals surface area contributed by atoms with Crippen LogP contribution in [0.1, 0.15) is 118 Å². The monoisotopic (exact) mass is 1740 g/mol. The van der Waals surface area contributed by atoms with E-state index in [4.69, 9.17) is 61.1 Å². The van der Waals surface area contributed by atoms with Crippen LogP contribution in [-0.4, -0.2) is 103 Å². The first-order valence-electron chi connectivity index (χ1n) is 40.7. The lowest BCUT2D eigenvalue weighted by molar-refractivity contribution is -0.141. The molecule has 652 valence electrons. The number of carbonyl (C=O) groups is 7. The summed E-state index contributed by atoms with van der Waals surface area (Å²) in [4.78, 5) is 81.7. The van der Waals surface area contributed by atoms with Crippen molar-refractivity contribution in [1.82, 2.24) is 10.2 Å². The molecule has 5 aromatic heterocycles. The zero-order valence-corrected chi connectivity index (χ0v) is 71.1. The fraction of sp³-hybridized carbons (Fsp3) is 0.155. The fourth-order valence-electron chi connectivity index (χ4n) is 13.3. The van der Waals surface area contributed by atoms with Gasteiger partial charge in [-0.1, -0.05) is 212 Å². The summed E-state index contributed by atoms with van der Waals surface area (Å²) in [6.45, 7) is 6.65. The van der Waals surface area contributed by atoms with Crippen molar-refractivity contribution in [3.8, 4) is 84.4 Å². The van der Waals surface area contributed by atoms with Gasteiger partial charge >= 0.3 is 29.8 Å². The quantitative estimate of drug-likeness (QED) is 0.0235. The highest BCUT2D eigenvalue weighted by Crippen LogP contribution is 2.31. The van der Waals surface area contributed by atoms with Gasteiger partial charge in [0.05, 0.1) is 0 Å². The van der Waals surface area contributed by atoms with Crippen LogP contribution >= 0.6 is 11.8 Å². The van der Waals surface area contributed by atoms with Gasteiger partial charge in [0, 0.05) is 23.2 Å². The molecule has 1 fully saturated rings. The third-order valence-electron chi connectivity index (χ3n) is 20.1. The van der Waals surface area contributed by atoms with E-state index in [0.717, 1.165) is 72.5 Å². The first-order valence-corrected chi connectivity index (χ1v) is 42.1. The van der Waals surface area contributed by atoms with Crippen molar-refractivity contribution in [2.75, 3.05) is 18.6 Å². The summed E-state index contributed by atoms with van der Waals surface area (Å²) in [6, 6.07) is 98.4. The molecule has 24 nitrogen and oxygen atoms in total. The molecule has 128 heavy (non-hydrogen) atoms. The van der Waals surface area contributed by atoms with E-state index >= 15 is 0 Å². The van der Waals surface area contributed by atoms with Crippen LogP contribution in [0.4, 0.5) is 0 Å². The third kappa shape index (κ3) is 26.4. The topological polar surface area (TPSA) is 348 Å². The predicted molar refractivity (Wildman–Crippen MR) is 483 cm³/mol. The number of carboxylic acids is 5. The standard InChI is InChI=1S/C24H25NO5S.C23H21NO5.2C19H16O4.C18H14O4/c1-16-19(14-22(30-16)23(26)25-21(24(27)28)12-13-31-2)15-29-20-10-8-18(9-11-20)17-6-4-3-5-7-17;25-22(24-14-4-7-20(24)23(26)27)21-13-12-19(29-21)15-28-18-10-8-17(9-11-18)16-5-2-1-3-6-16;1-13-16(11-18(23-13)19(20)21)12-22-17-9-7-15(8-10-17)14-5-3-2-4-6-14;1-13-11-16(18(23-13)19(20)21)12-22-17-9-7-15(8-10-17)14-5-3-2-4-6-14;19-18(20)17-11-10-16(22-17)12-21-15-8-6-14(7-9-15)13-4-2-1-3-5-13/h3-11,14,21H,12-13,15H2,1-2H3,(H,25,26)(H,27,28);1-3,5-6,8-13,20H,4,7,14-15H2,(H,26,27);2*2-11H,12H2,1H3,(H,20,21);1-11H,12H2,(H,19,20)/t21-;20-;;;/m00.../s1. The largest absolute Gasteiger partial charge is 0.489 e. The number of aromatic carboxylic acids is 3. The molecule has 0 spiro atoms. The molecule has 0 aliphatic carbocycles. The Hall–Kier alpha value is -15.8. The Morgan fingerprint density at radius 2 is 0.711 bits per heavy atom. The van der Waals surface area contributed by atoms with Gasteiger partial charge in [0.15, 0.2) is 11.5 Å². The van der Waals surface area contributed by atoms with Gasteiger partial charge in [0.2, 0.25) is 17.3 Å². The highest BCUT2D eigenvalue weighted by atomic mass is 32.2. The second-order valence-electron chi connectivity index (χ2n) is 29.1. The minimum Gasteiger partial charge on any atom is -0.489 e. The molecular weight excluding hydrogens is 1650 g/mol. The number of hydrogen-bond acceptors (Lipinski definition) is 18. The normalized spacial score (nSPS) is 12.0. The van der Waals surface area contributed by atoms with E-state index < -0.39 is 53.7 Å². The third-order valence-corrected chi connectivity index (χ3v) is 20.8. The zero-order chi connectivity index (χ0) is 90.3. The molecule has 25 heteroatoms. The van der Waals surface area contributed by atoms with E-state index in [2.05, 4.69) is 17.4 Å². The average molecular weight is 1740 g/mol. The van der Waals surface area contributed by atoms with E-state index in [-0.39, 0.29) is 61.8 Å². The number of amides is 2. The van der Waals surface area contributed by atoms with Gasteiger partial charge in [-0.2, -0.15) is 11.8 Å². The summed E-state index contributed by atoms with van der Waals surface area (Å²) in [6.07, 6.45) is 3.38. The molecule has 0 radical (unpaired) electrons. The lowest BCUT2D eigenvalue weighted by atomic mass is 10.1. The zero-order valence-electron chi connectivity index (χ0n) is 70.3. The predicted octanol–water partition coefficient (Wildman–Crippen LogP) is 22.3. The van der Waals surface area contributed by atoms with Gasteiger partial charge in [-0.15, -0.1) is 0 Å². The maximum absolute atomic E-state index is 12.5. The molecule has 0 bridgehead atoms.